The van der Waals surface area contributed by atoms with Crippen LogP contribution in [-0.2, 0) is 26.2 Å². The summed E-state index contributed by atoms with van der Waals surface area (Å²) in [6.07, 6.45) is 0. The Kier molecular flexibility index (Phi) is 8.85. The first-order valence-corrected chi connectivity index (χ1v) is 11.1. The number of ether oxygens (including phenoxy) is 3. The lowest BCUT2D eigenvalue weighted by Crippen LogP contribution is -2.41. The van der Waals surface area contributed by atoms with Gasteiger partial charge in [0.25, 0.3) is 0 Å². The minimum atomic E-state index is -3.82. The quantitative estimate of drug-likeness (QED) is 0.446. The van der Waals surface area contributed by atoms with Crippen LogP contribution in [0.4, 0.5) is 0 Å². The van der Waals surface area contributed by atoms with Gasteiger partial charge in [-0.25, -0.2) is 13.1 Å². The molecule has 2 amide bonds. The first kappa shape index (κ1) is 25.0. The summed E-state index contributed by atoms with van der Waals surface area (Å²) in [6.45, 7) is 1.20. The molecule has 32 heavy (non-hydrogen) atoms. The fourth-order valence-electron chi connectivity index (χ4n) is 2.70. The van der Waals surface area contributed by atoms with E-state index in [1.165, 1.54) is 33.5 Å². The van der Waals surface area contributed by atoms with Gasteiger partial charge in [0.1, 0.15) is 0 Å². The number of amides is 2. The Balaban J connectivity index is 1.83. The highest BCUT2D eigenvalue weighted by Crippen LogP contribution is 2.38. The fraction of sp³-hybridized carbons (Fsp3) is 0.333. The number of nitrogens with one attached hydrogen (secondary N) is 3. The number of hydrogen-bond acceptors (Lipinski definition) is 7. The molecular formula is C21H27N3O7S. The molecule has 10 nitrogen and oxygen atoms in total. The van der Waals surface area contributed by atoms with E-state index in [0.717, 1.165) is 5.56 Å². The number of hydrogen-bond donors (Lipinski definition) is 3. The van der Waals surface area contributed by atoms with Gasteiger partial charge in [-0.3, -0.25) is 9.59 Å². The molecule has 0 aliphatic heterocycles. The smallest absolute Gasteiger partial charge is 0.241 e. The Morgan fingerprint density at radius 2 is 1.41 bits per heavy atom. The summed E-state index contributed by atoms with van der Waals surface area (Å²) in [5.41, 5.74) is 1.62. The number of carbonyl (C=O) groups is 2. The van der Waals surface area contributed by atoms with Crippen LogP contribution < -0.4 is 29.6 Å². The highest BCUT2D eigenvalue weighted by atomic mass is 32.2. The van der Waals surface area contributed by atoms with Crippen molar-refractivity contribution in [1.82, 2.24) is 15.4 Å². The van der Waals surface area contributed by atoms with Crippen LogP contribution in [0, 0.1) is 6.92 Å². The zero-order valence-corrected chi connectivity index (χ0v) is 19.2. The molecule has 0 spiro atoms. The van der Waals surface area contributed by atoms with Crippen molar-refractivity contribution in [2.24, 2.45) is 0 Å². The molecule has 0 bridgehead atoms. The third-order valence-electron chi connectivity index (χ3n) is 4.41. The second-order valence-electron chi connectivity index (χ2n) is 6.72. The minimum absolute atomic E-state index is 0.0546. The lowest BCUT2D eigenvalue weighted by molar-refractivity contribution is -0.125. The van der Waals surface area contributed by atoms with E-state index in [2.05, 4.69) is 15.4 Å². The lowest BCUT2D eigenvalue weighted by atomic mass is 10.1. The molecule has 0 radical (unpaired) electrons. The largest absolute Gasteiger partial charge is 0.493 e. The number of rotatable bonds is 11. The van der Waals surface area contributed by atoms with Crippen molar-refractivity contribution in [2.75, 3.05) is 34.4 Å². The average molecular weight is 466 g/mol. The molecule has 2 aromatic rings. The Labute approximate surface area is 187 Å². The zero-order chi connectivity index (χ0) is 23.7. The summed E-state index contributed by atoms with van der Waals surface area (Å²) in [4.78, 5) is 24.0. The van der Waals surface area contributed by atoms with Gasteiger partial charge < -0.3 is 24.8 Å². The van der Waals surface area contributed by atoms with Crippen molar-refractivity contribution in [2.45, 2.75) is 18.4 Å². The lowest BCUT2D eigenvalue weighted by Gasteiger charge is -2.14. The molecular weight excluding hydrogens is 438 g/mol. The molecule has 0 saturated carbocycles. The third-order valence-corrected chi connectivity index (χ3v) is 5.83. The average Bonchev–Trinajstić information content (AvgIpc) is 2.79. The molecule has 3 N–H and O–H groups in total. The highest BCUT2D eigenvalue weighted by Gasteiger charge is 2.16. The molecule has 11 heteroatoms. The second-order valence-corrected chi connectivity index (χ2v) is 8.49. The predicted molar refractivity (Wildman–Crippen MR) is 117 cm³/mol. The summed E-state index contributed by atoms with van der Waals surface area (Å²) in [6, 6.07) is 9.61. The highest BCUT2D eigenvalue weighted by molar-refractivity contribution is 7.89. The maximum Gasteiger partial charge on any atom is 0.241 e. The first-order valence-electron chi connectivity index (χ1n) is 9.58. The van der Waals surface area contributed by atoms with Gasteiger partial charge in [-0.2, -0.15) is 0 Å². The normalized spacial score (nSPS) is 10.9. The summed E-state index contributed by atoms with van der Waals surface area (Å²) in [5.74, 6) is 0.248. The van der Waals surface area contributed by atoms with Crippen LogP contribution in [0.5, 0.6) is 17.2 Å². The van der Waals surface area contributed by atoms with Crippen LogP contribution >= 0.6 is 0 Å². The van der Waals surface area contributed by atoms with Gasteiger partial charge in [-0.05, 0) is 36.8 Å². The van der Waals surface area contributed by atoms with Gasteiger partial charge in [0.05, 0.1) is 39.3 Å². The molecule has 0 saturated heterocycles. The topological polar surface area (TPSA) is 132 Å². The zero-order valence-electron chi connectivity index (χ0n) is 18.4. The molecule has 0 unspecified atom stereocenters. The third kappa shape index (κ3) is 6.86. The summed E-state index contributed by atoms with van der Waals surface area (Å²) in [7, 11) is 0.647. The predicted octanol–water partition coefficient (Wildman–Crippen LogP) is 0.732. The molecule has 0 aromatic heterocycles. The Morgan fingerprint density at radius 3 is 1.94 bits per heavy atom. The summed E-state index contributed by atoms with van der Waals surface area (Å²) in [5, 5.41) is 5.02. The van der Waals surface area contributed by atoms with Crippen LogP contribution in [0.3, 0.4) is 0 Å². The molecule has 0 aliphatic rings. The van der Waals surface area contributed by atoms with Crippen LogP contribution in [0.15, 0.2) is 41.3 Å². The van der Waals surface area contributed by atoms with Crippen molar-refractivity contribution in [1.29, 1.82) is 0 Å². The van der Waals surface area contributed by atoms with Gasteiger partial charge in [-0.15, -0.1) is 0 Å². The van der Waals surface area contributed by atoms with Gasteiger partial charge in [0.2, 0.25) is 27.6 Å². The van der Waals surface area contributed by atoms with Crippen molar-refractivity contribution in [3.05, 3.63) is 47.5 Å². The molecule has 0 heterocycles. The number of benzene rings is 2. The number of methoxy groups -OCH3 is 3. The van der Waals surface area contributed by atoms with Crippen molar-refractivity contribution in [3.63, 3.8) is 0 Å². The van der Waals surface area contributed by atoms with E-state index in [1.54, 1.807) is 24.3 Å². The van der Waals surface area contributed by atoms with E-state index in [1.807, 2.05) is 6.92 Å². The van der Waals surface area contributed by atoms with Gasteiger partial charge in [0, 0.05) is 6.54 Å². The first-order chi connectivity index (χ1) is 15.2. The molecule has 174 valence electrons. The van der Waals surface area contributed by atoms with Crippen LogP contribution in [0.25, 0.3) is 0 Å². The van der Waals surface area contributed by atoms with Crippen molar-refractivity contribution >= 4 is 21.8 Å². The van der Waals surface area contributed by atoms with Gasteiger partial charge in [-0.1, -0.05) is 17.7 Å². The number of aryl methyl sites for hydroxylation is 1. The van der Waals surface area contributed by atoms with Crippen LogP contribution in [0.1, 0.15) is 11.1 Å². The monoisotopic (exact) mass is 465 g/mol. The Hall–Kier alpha value is -3.31. The van der Waals surface area contributed by atoms with Gasteiger partial charge >= 0.3 is 0 Å². The second kappa shape index (κ2) is 11.3. The van der Waals surface area contributed by atoms with E-state index < -0.39 is 28.4 Å². The van der Waals surface area contributed by atoms with E-state index >= 15 is 0 Å². The standard InChI is InChI=1S/C21H27N3O7S/c1-14-5-7-16(8-6-14)32(27,28)24-13-20(26)23-12-19(25)22-11-15-9-17(29-2)21(31-4)18(10-15)30-3/h5-10,24H,11-13H2,1-4H3,(H,22,25)(H,23,26). The summed E-state index contributed by atoms with van der Waals surface area (Å²) >= 11 is 0. The van der Waals surface area contributed by atoms with Crippen molar-refractivity contribution < 1.29 is 32.2 Å². The van der Waals surface area contributed by atoms with Crippen molar-refractivity contribution in [3.8, 4) is 17.2 Å². The van der Waals surface area contributed by atoms with E-state index in [9.17, 15) is 18.0 Å². The van der Waals surface area contributed by atoms with E-state index in [-0.39, 0.29) is 18.0 Å². The molecule has 2 rings (SSSR count). The van der Waals surface area contributed by atoms with Crippen LogP contribution in [-0.4, -0.2) is 54.7 Å². The maximum absolute atomic E-state index is 12.2. The molecule has 2 aromatic carbocycles. The summed E-state index contributed by atoms with van der Waals surface area (Å²) < 4.78 is 42.4. The van der Waals surface area contributed by atoms with Gasteiger partial charge in [0.15, 0.2) is 11.5 Å². The molecule has 0 fully saturated rings. The maximum atomic E-state index is 12.2. The molecule has 0 atom stereocenters. The number of sulfonamides is 1. The van der Waals surface area contributed by atoms with E-state index in [0.29, 0.717) is 22.8 Å². The minimum Gasteiger partial charge on any atom is -0.493 e. The Morgan fingerprint density at radius 1 is 0.844 bits per heavy atom. The van der Waals surface area contributed by atoms with Crippen LogP contribution in [0.2, 0.25) is 0 Å². The van der Waals surface area contributed by atoms with E-state index in [4.69, 9.17) is 14.2 Å². The molecule has 0 aliphatic carbocycles. The Bertz CT molecular complexity index is 1030. The number of carbonyl (C=O) groups excluding carboxylic acids is 2. The fourth-order valence-corrected chi connectivity index (χ4v) is 3.69. The SMILES string of the molecule is COc1cc(CNC(=O)CNC(=O)CNS(=O)(=O)c2ccc(C)cc2)cc(OC)c1OC.